The number of methoxy groups -OCH3 is 1. The van der Waals surface area contributed by atoms with Crippen LogP contribution >= 0.6 is 0 Å². The van der Waals surface area contributed by atoms with Crippen LogP contribution in [0.2, 0.25) is 0 Å². The smallest absolute Gasteiger partial charge is 0.0808 e. The van der Waals surface area contributed by atoms with Crippen LogP contribution in [0.5, 0.6) is 0 Å². The predicted octanol–water partition coefficient (Wildman–Crippen LogP) is 1.41. The van der Waals surface area contributed by atoms with Gasteiger partial charge in [0.15, 0.2) is 0 Å². The molecule has 1 aliphatic carbocycles. The number of hydrogen-bond donors (Lipinski definition) is 1. The van der Waals surface area contributed by atoms with Crippen molar-refractivity contribution in [3.05, 3.63) is 0 Å². The Morgan fingerprint density at radius 3 is 2.27 bits per heavy atom. The van der Waals surface area contributed by atoms with Crippen LogP contribution in [0.1, 0.15) is 26.7 Å². The van der Waals surface area contributed by atoms with Crippen molar-refractivity contribution in [2.75, 3.05) is 20.2 Å². The van der Waals surface area contributed by atoms with E-state index >= 15 is 0 Å². The molecular weight excluding hydrogens is 138 g/mol. The molecule has 0 aromatic carbocycles. The summed E-state index contributed by atoms with van der Waals surface area (Å²) in [5.74, 6) is 0.915. The van der Waals surface area contributed by atoms with E-state index in [0.29, 0.717) is 0 Å². The molecule has 3 fully saturated rings. The lowest BCUT2D eigenvalue weighted by Crippen LogP contribution is -2.60. The average Bonchev–Trinajstić information content (AvgIpc) is 2.08. The van der Waals surface area contributed by atoms with Gasteiger partial charge in [-0.1, -0.05) is 13.8 Å². The molecule has 0 aromatic heterocycles. The first-order valence-electron chi connectivity index (χ1n) is 4.60. The predicted molar refractivity (Wildman–Crippen MR) is 46.7 cm³/mol. The Balaban J connectivity index is 0.000000281. The van der Waals surface area contributed by atoms with Crippen molar-refractivity contribution in [3.8, 4) is 0 Å². The minimum Gasteiger partial charge on any atom is -0.377 e. The molecule has 3 aliphatic rings. The Morgan fingerprint density at radius 1 is 1.36 bits per heavy atom. The molecule has 1 N–H and O–H groups in total. The van der Waals surface area contributed by atoms with Crippen LogP contribution in [0, 0.1) is 5.92 Å². The fourth-order valence-corrected chi connectivity index (χ4v) is 2.02. The van der Waals surface area contributed by atoms with Crippen LogP contribution in [0.25, 0.3) is 0 Å². The van der Waals surface area contributed by atoms with Crippen molar-refractivity contribution in [2.24, 2.45) is 5.92 Å². The van der Waals surface area contributed by atoms with Gasteiger partial charge in [-0.2, -0.15) is 0 Å². The molecule has 0 atom stereocenters. The number of ether oxygens (including phenoxy) is 1. The van der Waals surface area contributed by atoms with E-state index in [1.165, 1.54) is 19.4 Å². The van der Waals surface area contributed by atoms with E-state index in [-0.39, 0.29) is 5.60 Å². The normalized spacial score (nSPS) is 40.1. The third-order valence-corrected chi connectivity index (χ3v) is 2.63. The molecule has 1 saturated carbocycles. The van der Waals surface area contributed by atoms with Crippen LogP contribution in [0.4, 0.5) is 0 Å². The second-order valence-corrected chi connectivity index (χ2v) is 3.29. The van der Waals surface area contributed by atoms with Gasteiger partial charge in [0.2, 0.25) is 0 Å². The minimum absolute atomic E-state index is 0.253. The van der Waals surface area contributed by atoms with E-state index in [1.807, 2.05) is 21.0 Å². The van der Waals surface area contributed by atoms with Crippen LogP contribution in [0.3, 0.4) is 0 Å². The zero-order valence-corrected chi connectivity index (χ0v) is 7.81. The second-order valence-electron chi connectivity index (χ2n) is 3.29. The summed E-state index contributed by atoms with van der Waals surface area (Å²) in [6.45, 7) is 6.28. The van der Waals surface area contributed by atoms with Crippen molar-refractivity contribution in [1.29, 1.82) is 0 Å². The number of nitrogens with one attached hydrogen (secondary N) is 1. The largest absolute Gasteiger partial charge is 0.377 e. The fraction of sp³-hybridized carbons (Fsp3) is 1.00. The molecule has 2 heterocycles. The van der Waals surface area contributed by atoms with Gasteiger partial charge < -0.3 is 10.1 Å². The monoisotopic (exact) mass is 157 g/mol. The molecule has 2 bridgehead atoms. The van der Waals surface area contributed by atoms with E-state index in [1.54, 1.807) is 0 Å². The highest BCUT2D eigenvalue weighted by Gasteiger charge is 2.47. The van der Waals surface area contributed by atoms with Gasteiger partial charge in [0, 0.05) is 13.7 Å². The molecule has 0 spiro atoms. The maximum atomic E-state index is 5.38. The number of fused-ring (bicyclic) bond motifs is 2. The zero-order valence-electron chi connectivity index (χ0n) is 7.81. The van der Waals surface area contributed by atoms with E-state index < -0.39 is 0 Å². The molecule has 3 rings (SSSR count). The summed E-state index contributed by atoms with van der Waals surface area (Å²) >= 11 is 0. The van der Waals surface area contributed by atoms with Gasteiger partial charge in [-0.25, -0.2) is 0 Å². The minimum atomic E-state index is 0.253. The van der Waals surface area contributed by atoms with Crippen molar-refractivity contribution >= 4 is 0 Å². The lowest BCUT2D eigenvalue weighted by molar-refractivity contribution is -0.123. The van der Waals surface area contributed by atoms with E-state index in [2.05, 4.69) is 5.32 Å². The molecule has 2 heteroatoms. The molecule has 11 heavy (non-hydrogen) atoms. The van der Waals surface area contributed by atoms with Gasteiger partial charge in [-0.05, 0) is 25.3 Å². The Kier molecular flexibility index (Phi) is 2.90. The van der Waals surface area contributed by atoms with E-state index in [9.17, 15) is 0 Å². The van der Waals surface area contributed by atoms with Crippen LogP contribution in [-0.4, -0.2) is 25.8 Å². The molecule has 0 radical (unpaired) electrons. The zero-order chi connectivity index (χ0) is 8.32. The van der Waals surface area contributed by atoms with Gasteiger partial charge in [-0.15, -0.1) is 0 Å². The molecule has 0 unspecified atom stereocenters. The summed E-state index contributed by atoms with van der Waals surface area (Å²) in [5, 5.41) is 3.35. The Bertz CT molecular complexity index is 113. The van der Waals surface area contributed by atoms with Gasteiger partial charge in [-0.3, -0.25) is 0 Å². The highest BCUT2D eigenvalue weighted by Crippen LogP contribution is 2.42. The summed E-state index contributed by atoms with van der Waals surface area (Å²) in [7, 11) is 1.82. The van der Waals surface area contributed by atoms with Gasteiger partial charge in [0.1, 0.15) is 0 Å². The molecule has 2 saturated heterocycles. The molecule has 0 aromatic rings. The first-order valence-corrected chi connectivity index (χ1v) is 4.60. The Hall–Kier alpha value is -0.0800. The lowest BCUT2D eigenvalue weighted by Gasteiger charge is -2.51. The van der Waals surface area contributed by atoms with E-state index in [0.717, 1.165) is 12.5 Å². The quantitative estimate of drug-likeness (QED) is 0.621. The lowest BCUT2D eigenvalue weighted by atomic mass is 9.68. The number of hydrogen-bond acceptors (Lipinski definition) is 2. The summed E-state index contributed by atoms with van der Waals surface area (Å²) in [5.41, 5.74) is 0.253. The maximum Gasteiger partial charge on any atom is 0.0808 e. The summed E-state index contributed by atoms with van der Waals surface area (Å²) in [6, 6.07) is 0. The van der Waals surface area contributed by atoms with Crippen molar-refractivity contribution < 1.29 is 4.74 Å². The molecule has 2 nitrogen and oxygen atoms in total. The first kappa shape index (κ1) is 9.01. The van der Waals surface area contributed by atoms with Crippen molar-refractivity contribution in [1.82, 2.24) is 5.32 Å². The van der Waals surface area contributed by atoms with Crippen LogP contribution in [-0.2, 0) is 4.74 Å². The third kappa shape index (κ3) is 1.57. The third-order valence-electron chi connectivity index (χ3n) is 2.63. The van der Waals surface area contributed by atoms with Gasteiger partial charge in [0.05, 0.1) is 5.60 Å². The molecule has 2 aliphatic heterocycles. The topological polar surface area (TPSA) is 21.3 Å². The first-order chi connectivity index (χ1) is 5.35. The Morgan fingerprint density at radius 2 is 2.00 bits per heavy atom. The van der Waals surface area contributed by atoms with Crippen molar-refractivity contribution in [3.63, 3.8) is 0 Å². The van der Waals surface area contributed by atoms with Gasteiger partial charge >= 0.3 is 0 Å². The van der Waals surface area contributed by atoms with E-state index in [4.69, 9.17) is 4.74 Å². The molecule has 66 valence electrons. The standard InChI is InChI=1S/C7H13NO.C2H6/c1-9-7-2-6(3-7)4-8-5-7;1-2/h6,8H,2-5H2,1H3;1-2H3. The molecule has 0 amide bonds. The van der Waals surface area contributed by atoms with Crippen LogP contribution in [0.15, 0.2) is 0 Å². The van der Waals surface area contributed by atoms with Crippen molar-refractivity contribution in [2.45, 2.75) is 32.3 Å². The average molecular weight is 157 g/mol. The second kappa shape index (κ2) is 3.55. The Labute approximate surface area is 69.3 Å². The van der Waals surface area contributed by atoms with Crippen LogP contribution < -0.4 is 5.32 Å². The summed E-state index contributed by atoms with van der Waals surface area (Å²) < 4.78 is 5.38. The highest BCUT2D eigenvalue weighted by atomic mass is 16.5. The molecular formula is C9H19NO. The summed E-state index contributed by atoms with van der Waals surface area (Å²) in [4.78, 5) is 0. The number of rotatable bonds is 1. The number of piperidine rings is 2. The SMILES string of the molecule is CC.COC12CNCC(C1)C2. The maximum absolute atomic E-state index is 5.38. The highest BCUT2D eigenvalue weighted by molar-refractivity contribution is 5.01. The van der Waals surface area contributed by atoms with Gasteiger partial charge in [0.25, 0.3) is 0 Å². The fourth-order valence-electron chi connectivity index (χ4n) is 2.02. The summed E-state index contributed by atoms with van der Waals surface area (Å²) in [6.07, 6.45) is 2.58.